The van der Waals surface area contributed by atoms with Gasteiger partial charge in [-0.3, -0.25) is 0 Å². The standard InChI is InChI=1S/C34H62O20/c1-3-19-31(43)28(40)16(21(5-36)51-19)9-48-13-25-33(45)30(42)18(23(7-38)53-25)11-50-14-26-34(46)29(41)17(22(6-37)54-26)10-49-12-24-32(44)27(39)15(8-47-2)20(4-35)52-24/h15-46H,3-14H2,1-2H3/t15-,16-,17-,18-,19-,20+,21+,22+,23+,24-,25-,26-,27?,28?,29?,30?,31?,32?,33?,34?/m1/s1. The van der Waals surface area contributed by atoms with Crippen molar-refractivity contribution in [1.29, 1.82) is 0 Å². The molecule has 4 aliphatic heterocycles. The van der Waals surface area contributed by atoms with Crippen LogP contribution in [0.5, 0.6) is 0 Å². The van der Waals surface area contributed by atoms with Crippen molar-refractivity contribution >= 4 is 0 Å². The summed E-state index contributed by atoms with van der Waals surface area (Å²) in [4.78, 5) is 0. The van der Waals surface area contributed by atoms with Gasteiger partial charge in [0.05, 0.1) is 128 Å². The van der Waals surface area contributed by atoms with Crippen LogP contribution in [0, 0.1) is 23.7 Å². The molecule has 0 saturated carbocycles. The van der Waals surface area contributed by atoms with Crippen LogP contribution in [0.4, 0.5) is 0 Å². The van der Waals surface area contributed by atoms with Gasteiger partial charge in [0.25, 0.3) is 0 Å². The molecule has 4 saturated heterocycles. The topological polar surface area (TPSA) is 317 Å². The third kappa shape index (κ3) is 10.6. The van der Waals surface area contributed by atoms with E-state index in [1.807, 2.05) is 0 Å². The van der Waals surface area contributed by atoms with E-state index in [2.05, 4.69) is 0 Å². The van der Waals surface area contributed by atoms with Gasteiger partial charge in [-0.15, -0.1) is 0 Å². The first-order valence-electron chi connectivity index (χ1n) is 18.6. The van der Waals surface area contributed by atoms with Crippen LogP contribution in [0.25, 0.3) is 0 Å². The molecule has 0 aromatic carbocycles. The van der Waals surface area contributed by atoms with Gasteiger partial charge in [-0.05, 0) is 6.42 Å². The second-order valence-electron chi connectivity index (χ2n) is 14.6. The van der Waals surface area contributed by atoms with Crippen LogP contribution < -0.4 is 0 Å². The van der Waals surface area contributed by atoms with Crippen LogP contribution in [-0.4, -0.2) is 239 Å². The van der Waals surface area contributed by atoms with Crippen molar-refractivity contribution in [2.45, 2.75) is 111 Å². The highest BCUT2D eigenvalue weighted by atomic mass is 16.6. The van der Waals surface area contributed by atoms with Gasteiger partial charge in [0.2, 0.25) is 0 Å². The molecule has 0 radical (unpaired) electrons. The fourth-order valence-corrected chi connectivity index (χ4v) is 7.84. The van der Waals surface area contributed by atoms with Crippen LogP contribution >= 0.6 is 0 Å². The Hall–Kier alpha value is -0.800. The average Bonchev–Trinajstić information content (AvgIpc) is 3.17. The number of aliphatic hydroxyl groups excluding tert-OH is 12. The van der Waals surface area contributed by atoms with Crippen molar-refractivity contribution in [3.63, 3.8) is 0 Å². The average molecular weight is 791 g/mol. The molecule has 4 aliphatic rings. The SMILES string of the molecule is CC[C@H]1O[C@@H](CO)[C@@H](COC[C@H]2O[C@@H](CO)[C@@H](COC[C@H]3O[C@@H](CO)[C@@H](COC[C@H]4O[C@@H](CO)[C@@H](COC)C(O)C4O)C(O)C3O)C(O)C2O)C(O)C1O. The molecule has 20 atom stereocenters. The first kappa shape index (κ1) is 45.9. The Morgan fingerprint density at radius 1 is 0.352 bits per heavy atom. The third-order valence-electron chi connectivity index (χ3n) is 11.2. The smallest absolute Gasteiger partial charge is 0.110 e. The van der Waals surface area contributed by atoms with E-state index >= 15 is 0 Å². The molecule has 8 unspecified atom stereocenters. The molecule has 54 heavy (non-hydrogen) atoms. The molecule has 4 fully saturated rings. The second-order valence-corrected chi connectivity index (χ2v) is 14.6. The van der Waals surface area contributed by atoms with E-state index in [9.17, 15) is 61.3 Å². The molecule has 20 heteroatoms. The number of rotatable bonds is 19. The molecule has 12 N–H and O–H groups in total. The molecule has 20 nitrogen and oxygen atoms in total. The van der Waals surface area contributed by atoms with Crippen molar-refractivity contribution in [2.24, 2.45) is 23.7 Å². The van der Waals surface area contributed by atoms with Gasteiger partial charge in [-0.1, -0.05) is 6.92 Å². The Kier molecular flexibility index (Phi) is 18.5. The van der Waals surface area contributed by atoms with E-state index in [1.165, 1.54) is 7.11 Å². The van der Waals surface area contributed by atoms with Crippen LogP contribution in [0.15, 0.2) is 0 Å². The van der Waals surface area contributed by atoms with Crippen LogP contribution in [0.3, 0.4) is 0 Å². The van der Waals surface area contributed by atoms with E-state index in [1.54, 1.807) is 6.92 Å². The maximum Gasteiger partial charge on any atom is 0.110 e. The van der Waals surface area contributed by atoms with Crippen molar-refractivity contribution in [3.05, 3.63) is 0 Å². The lowest BCUT2D eigenvalue weighted by molar-refractivity contribution is -0.250. The summed E-state index contributed by atoms with van der Waals surface area (Å²) in [6.45, 7) is -1.67. The van der Waals surface area contributed by atoms with Crippen LogP contribution in [-0.2, 0) is 37.9 Å². The lowest BCUT2D eigenvalue weighted by Crippen LogP contribution is -2.60. The van der Waals surface area contributed by atoms with Crippen LogP contribution in [0.1, 0.15) is 13.3 Å². The maximum absolute atomic E-state index is 11.0. The van der Waals surface area contributed by atoms with Crippen molar-refractivity contribution in [1.82, 2.24) is 0 Å². The Balaban J connectivity index is 1.24. The monoisotopic (exact) mass is 790 g/mol. The predicted octanol–water partition coefficient (Wildman–Crippen LogP) is -6.52. The molecule has 4 rings (SSSR count). The molecule has 0 aliphatic carbocycles. The summed E-state index contributed by atoms with van der Waals surface area (Å²) in [5, 5.41) is 125. The van der Waals surface area contributed by atoms with E-state index < -0.39 is 148 Å². The minimum atomic E-state index is -1.51. The highest BCUT2D eigenvalue weighted by Crippen LogP contribution is 2.32. The molecule has 0 amide bonds. The second kappa shape index (κ2) is 21.8. The molecule has 318 valence electrons. The Morgan fingerprint density at radius 2 is 0.611 bits per heavy atom. The van der Waals surface area contributed by atoms with Crippen molar-refractivity contribution in [3.8, 4) is 0 Å². The summed E-state index contributed by atoms with van der Waals surface area (Å²) in [7, 11) is 1.42. The zero-order valence-electron chi connectivity index (χ0n) is 30.7. The Morgan fingerprint density at radius 3 is 0.870 bits per heavy atom. The van der Waals surface area contributed by atoms with Crippen molar-refractivity contribution in [2.75, 3.05) is 79.8 Å². The fourth-order valence-electron chi connectivity index (χ4n) is 7.84. The van der Waals surface area contributed by atoms with Gasteiger partial charge in [0.15, 0.2) is 0 Å². The summed E-state index contributed by atoms with van der Waals surface area (Å²) in [6.07, 6.45) is -18.1. The maximum atomic E-state index is 11.0. The normalized spacial score (nSPS) is 46.1. The van der Waals surface area contributed by atoms with E-state index in [0.717, 1.165) is 0 Å². The quantitative estimate of drug-likeness (QED) is 0.0579. The zero-order valence-corrected chi connectivity index (χ0v) is 30.7. The number of ether oxygens (including phenoxy) is 8. The largest absolute Gasteiger partial charge is 0.394 e. The molecule has 0 bridgehead atoms. The number of hydrogen-bond acceptors (Lipinski definition) is 20. The van der Waals surface area contributed by atoms with Gasteiger partial charge < -0.3 is 99.2 Å². The summed E-state index contributed by atoms with van der Waals surface area (Å²) in [6, 6.07) is 0. The molecule has 0 aromatic rings. The number of methoxy groups -OCH3 is 1. The first-order chi connectivity index (χ1) is 25.9. The lowest BCUT2D eigenvalue weighted by Gasteiger charge is -2.44. The minimum absolute atomic E-state index is 0.0450. The van der Waals surface area contributed by atoms with E-state index in [4.69, 9.17) is 37.9 Å². The molecule has 0 spiro atoms. The highest BCUT2D eigenvalue weighted by molar-refractivity contribution is 4.96. The highest BCUT2D eigenvalue weighted by Gasteiger charge is 2.49. The molecule has 0 aromatic heterocycles. The van der Waals surface area contributed by atoms with Gasteiger partial charge in [-0.2, -0.15) is 0 Å². The minimum Gasteiger partial charge on any atom is -0.394 e. The van der Waals surface area contributed by atoms with Crippen LogP contribution in [0.2, 0.25) is 0 Å². The van der Waals surface area contributed by atoms with E-state index in [0.29, 0.717) is 6.42 Å². The number of aliphatic hydroxyl groups is 12. The Labute approximate surface area is 313 Å². The molecular weight excluding hydrogens is 728 g/mol. The third-order valence-corrected chi connectivity index (χ3v) is 11.2. The summed E-state index contributed by atoms with van der Waals surface area (Å²) in [5.74, 6) is -3.33. The molecule has 4 heterocycles. The summed E-state index contributed by atoms with van der Waals surface area (Å²) in [5.41, 5.74) is 0. The van der Waals surface area contributed by atoms with Gasteiger partial charge in [0, 0.05) is 30.8 Å². The van der Waals surface area contributed by atoms with Gasteiger partial charge in [0.1, 0.15) is 42.7 Å². The first-order valence-corrected chi connectivity index (χ1v) is 18.6. The van der Waals surface area contributed by atoms with Gasteiger partial charge >= 0.3 is 0 Å². The Bertz CT molecular complexity index is 1050. The lowest BCUT2D eigenvalue weighted by atomic mass is 9.86. The summed E-state index contributed by atoms with van der Waals surface area (Å²) >= 11 is 0. The molecular formula is C34H62O20. The fraction of sp³-hybridized carbons (Fsp3) is 1.00. The van der Waals surface area contributed by atoms with E-state index in [-0.39, 0.29) is 46.2 Å². The zero-order chi connectivity index (χ0) is 39.7. The predicted molar refractivity (Wildman–Crippen MR) is 180 cm³/mol. The van der Waals surface area contributed by atoms with Gasteiger partial charge in [-0.25, -0.2) is 0 Å². The van der Waals surface area contributed by atoms with Crippen molar-refractivity contribution < 1.29 is 99.2 Å². The summed E-state index contributed by atoms with van der Waals surface area (Å²) < 4.78 is 45.2. The number of hydrogen-bond donors (Lipinski definition) is 12.